The Kier molecular flexibility index (Phi) is 2.80. The topological polar surface area (TPSA) is 43.8 Å². The van der Waals surface area contributed by atoms with Crippen LogP contribution in [0.2, 0.25) is 0 Å². The summed E-state index contributed by atoms with van der Waals surface area (Å²) >= 11 is 0. The van der Waals surface area contributed by atoms with Crippen molar-refractivity contribution in [1.29, 1.82) is 0 Å². The first-order valence-corrected chi connectivity index (χ1v) is 5.29. The van der Waals surface area contributed by atoms with Crippen LogP contribution in [0.1, 0.15) is 17.0 Å². The van der Waals surface area contributed by atoms with Gasteiger partial charge in [-0.2, -0.15) is 18.3 Å². The predicted octanol–water partition coefficient (Wildman–Crippen LogP) is 3.09. The van der Waals surface area contributed by atoms with Crippen molar-refractivity contribution in [3.8, 4) is 5.69 Å². The predicted molar refractivity (Wildman–Crippen MR) is 62.5 cm³/mol. The summed E-state index contributed by atoms with van der Waals surface area (Å²) in [7, 11) is 0. The SMILES string of the molecule is Cc1cc(C)n(-c2ccc(N)cc2C(F)(F)F)n1. The molecule has 1 heterocycles. The molecule has 0 fully saturated rings. The van der Waals surface area contributed by atoms with Crippen molar-refractivity contribution < 1.29 is 13.2 Å². The third-order valence-corrected chi connectivity index (χ3v) is 2.56. The Morgan fingerprint density at radius 1 is 1.17 bits per heavy atom. The molecule has 0 bridgehead atoms. The first-order chi connectivity index (χ1) is 8.29. The highest BCUT2D eigenvalue weighted by molar-refractivity contribution is 5.53. The average molecular weight is 255 g/mol. The summed E-state index contributed by atoms with van der Waals surface area (Å²) in [4.78, 5) is 0. The maximum atomic E-state index is 13.0. The number of rotatable bonds is 1. The Morgan fingerprint density at radius 2 is 1.83 bits per heavy atom. The second-order valence-corrected chi connectivity index (χ2v) is 4.11. The summed E-state index contributed by atoms with van der Waals surface area (Å²) in [5, 5.41) is 4.06. The van der Waals surface area contributed by atoms with Gasteiger partial charge >= 0.3 is 6.18 Å². The minimum atomic E-state index is -4.46. The number of aromatic nitrogens is 2. The Morgan fingerprint density at radius 3 is 2.33 bits per heavy atom. The molecule has 0 saturated carbocycles. The number of nitrogens with two attached hydrogens (primary N) is 1. The van der Waals surface area contributed by atoms with Gasteiger partial charge in [0.2, 0.25) is 0 Å². The molecule has 0 spiro atoms. The van der Waals surface area contributed by atoms with Crippen LogP contribution < -0.4 is 5.73 Å². The van der Waals surface area contributed by atoms with E-state index in [1.165, 1.54) is 16.8 Å². The largest absolute Gasteiger partial charge is 0.418 e. The molecule has 0 aliphatic rings. The monoisotopic (exact) mass is 255 g/mol. The summed E-state index contributed by atoms with van der Waals surface area (Å²) in [5.74, 6) is 0. The summed E-state index contributed by atoms with van der Waals surface area (Å²) in [5.41, 5.74) is 6.00. The number of halogens is 3. The van der Waals surface area contributed by atoms with Gasteiger partial charge in [-0.1, -0.05) is 0 Å². The normalized spacial score (nSPS) is 11.8. The van der Waals surface area contributed by atoms with Crippen LogP contribution in [-0.4, -0.2) is 9.78 Å². The van der Waals surface area contributed by atoms with E-state index in [-0.39, 0.29) is 11.4 Å². The number of hydrogen-bond donors (Lipinski definition) is 1. The summed E-state index contributed by atoms with van der Waals surface area (Å²) in [6.07, 6.45) is -4.46. The number of anilines is 1. The van der Waals surface area contributed by atoms with Crippen molar-refractivity contribution in [3.63, 3.8) is 0 Å². The van der Waals surface area contributed by atoms with Crippen molar-refractivity contribution >= 4 is 5.69 Å². The van der Waals surface area contributed by atoms with Crippen molar-refractivity contribution in [2.24, 2.45) is 0 Å². The molecule has 0 aliphatic heterocycles. The first kappa shape index (κ1) is 12.5. The smallest absolute Gasteiger partial charge is 0.399 e. The number of nitrogen functional groups attached to an aromatic ring is 1. The molecular formula is C12H12F3N3. The highest BCUT2D eigenvalue weighted by Gasteiger charge is 2.34. The summed E-state index contributed by atoms with van der Waals surface area (Å²) in [6.45, 7) is 3.44. The third-order valence-electron chi connectivity index (χ3n) is 2.56. The van der Waals surface area contributed by atoms with Gasteiger partial charge in [0, 0.05) is 11.4 Å². The van der Waals surface area contributed by atoms with E-state index in [1.54, 1.807) is 19.9 Å². The van der Waals surface area contributed by atoms with E-state index in [4.69, 9.17) is 5.73 Å². The van der Waals surface area contributed by atoms with E-state index < -0.39 is 11.7 Å². The van der Waals surface area contributed by atoms with E-state index in [0.29, 0.717) is 11.4 Å². The lowest BCUT2D eigenvalue weighted by molar-refractivity contribution is -0.137. The zero-order valence-electron chi connectivity index (χ0n) is 9.92. The van der Waals surface area contributed by atoms with Gasteiger partial charge in [-0.05, 0) is 38.1 Å². The van der Waals surface area contributed by atoms with Crippen LogP contribution in [0, 0.1) is 13.8 Å². The van der Waals surface area contributed by atoms with Crippen molar-refractivity contribution in [2.45, 2.75) is 20.0 Å². The van der Waals surface area contributed by atoms with E-state index in [9.17, 15) is 13.2 Å². The molecule has 0 amide bonds. The van der Waals surface area contributed by atoms with Crippen LogP contribution in [-0.2, 0) is 6.18 Å². The zero-order valence-corrected chi connectivity index (χ0v) is 9.92. The lowest BCUT2D eigenvalue weighted by atomic mass is 10.1. The van der Waals surface area contributed by atoms with Crippen LogP contribution in [0.3, 0.4) is 0 Å². The van der Waals surface area contributed by atoms with Crippen molar-refractivity contribution in [3.05, 3.63) is 41.2 Å². The van der Waals surface area contributed by atoms with Crippen LogP contribution in [0.25, 0.3) is 5.69 Å². The molecule has 3 nitrogen and oxygen atoms in total. The fourth-order valence-electron chi connectivity index (χ4n) is 1.84. The maximum Gasteiger partial charge on any atom is 0.418 e. The standard InChI is InChI=1S/C12H12F3N3/c1-7-5-8(2)18(17-7)11-4-3-9(16)6-10(11)12(13,14)15/h3-6H,16H2,1-2H3. The third kappa shape index (κ3) is 2.18. The van der Waals surface area contributed by atoms with E-state index in [1.807, 2.05) is 0 Å². The highest BCUT2D eigenvalue weighted by atomic mass is 19.4. The Labute approximate surface area is 102 Å². The molecule has 6 heteroatoms. The van der Waals surface area contributed by atoms with Gasteiger partial charge in [0.15, 0.2) is 0 Å². The fraction of sp³-hybridized carbons (Fsp3) is 0.250. The maximum absolute atomic E-state index is 13.0. The molecule has 0 radical (unpaired) electrons. The molecule has 0 saturated heterocycles. The quantitative estimate of drug-likeness (QED) is 0.796. The zero-order chi connectivity index (χ0) is 13.5. The van der Waals surface area contributed by atoms with Crippen LogP contribution in [0.15, 0.2) is 24.3 Å². The number of aryl methyl sites for hydroxylation is 2. The van der Waals surface area contributed by atoms with Gasteiger partial charge in [0.25, 0.3) is 0 Å². The number of alkyl halides is 3. The molecule has 1 aromatic heterocycles. The second kappa shape index (κ2) is 4.04. The Hall–Kier alpha value is -1.98. The minimum Gasteiger partial charge on any atom is -0.399 e. The average Bonchev–Trinajstić information content (AvgIpc) is 2.56. The van der Waals surface area contributed by atoms with Gasteiger partial charge in [-0.25, -0.2) is 4.68 Å². The number of nitrogens with zero attached hydrogens (tertiary/aromatic N) is 2. The van der Waals surface area contributed by atoms with Crippen LogP contribution in [0.5, 0.6) is 0 Å². The first-order valence-electron chi connectivity index (χ1n) is 5.29. The Bertz CT molecular complexity index is 585. The molecular weight excluding hydrogens is 243 g/mol. The Balaban J connectivity index is 2.68. The lowest BCUT2D eigenvalue weighted by Crippen LogP contribution is -2.13. The van der Waals surface area contributed by atoms with E-state index in [2.05, 4.69) is 5.10 Å². The lowest BCUT2D eigenvalue weighted by Gasteiger charge is -2.14. The van der Waals surface area contributed by atoms with E-state index in [0.717, 1.165) is 6.07 Å². The molecule has 2 rings (SSSR count). The minimum absolute atomic E-state index is 0.0118. The molecule has 96 valence electrons. The molecule has 1 aromatic carbocycles. The van der Waals surface area contributed by atoms with Gasteiger partial charge in [0.1, 0.15) is 0 Å². The number of hydrogen-bond acceptors (Lipinski definition) is 2. The van der Waals surface area contributed by atoms with Gasteiger partial charge in [-0.3, -0.25) is 0 Å². The summed E-state index contributed by atoms with van der Waals surface area (Å²) in [6, 6.07) is 5.40. The number of benzene rings is 1. The second-order valence-electron chi connectivity index (χ2n) is 4.11. The van der Waals surface area contributed by atoms with Gasteiger partial charge in [0.05, 0.1) is 16.9 Å². The van der Waals surface area contributed by atoms with Crippen molar-refractivity contribution in [1.82, 2.24) is 9.78 Å². The molecule has 0 aliphatic carbocycles. The molecule has 2 aromatic rings. The van der Waals surface area contributed by atoms with Crippen LogP contribution >= 0.6 is 0 Å². The highest BCUT2D eigenvalue weighted by Crippen LogP contribution is 2.35. The van der Waals surface area contributed by atoms with Gasteiger partial charge in [-0.15, -0.1) is 0 Å². The molecule has 0 unspecified atom stereocenters. The van der Waals surface area contributed by atoms with Gasteiger partial charge < -0.3 is 5.73 Å². The summed E-state index contributed by atoms with van der Waals surface area (Å²) < 4.78 is 40.1. The molecule has 2 N–H and O–H groups in total. The van der Waals surface area contributed by atoms with Crippen molar-refractivity contribution in [2.75, 3.05) is 5.73 Å². The molecule has 18 heavy (non-hydrogen) atoms. The molecule has 0 atom stereocenters. The fourth-order valence-corrected chi connectivity index (χ4v) is 1.84. The van der Waals surface area contributed by atoms with Crippen LogP contribution in [0.4, 0.5) is 18.9 Å². The van der Waals surface area contributed by atoms with E-state index >= 15 is 0 Å².